The van der Waals surface area contributed by atoms with E-state index in [-0.39, 0.29) is 0 Å². The van der Waals surface area contributed by atoms with Gasteiger partial charge in [0.05, 0.1) is 6.21 Å². The van der Waals surface area contributed by atoms with Crippen LogP contribution in [0.25, 0.3) is 0 Å². The molecule has 0 bridgehead atoms. The first-order chi connectivity index (χ1) is 8.24. The summed E-state index contributed by atoms with van der Waals surface area (Å²) in [5.41, 5.74) is 3.61. The Morgan fingerprint density at radius 2 is 2.24 bits per heavy atom. The van der Waals surface area contributed by atoms with Crippen molar-refractivity contribution in [2.24, 2.45) is 5.10 Å². The van der Waals surface area contributed by atoms with Gasteiger partial charge in [-0.15, -0.1) is 0 Å². The Bertz CT molecular complexity index is 393. The number of nitrogens with one attached hydrogen (secondary N) is 2. The van der Waals surface area contributed by atoms with E-state index in [1.54, 1.807) is 6.21 Å². The van der Waals surface area contributed by atoms with Gasteiger partial charge in [0.1, 0.15) is 0 Å². The Kier molecular flexibility index (Phi) is 6.58. The van der Waals surface area contributed by atoms with Crippen LogP contribution in [0, 0.1) is 0 Å². The molecule has 2 N–H and O–H groups in total. The average molecular weight is 270 g/mol. The highest BCUT2D eigenvalue weighted by Gasteiger charge is 1.94. The molecular weight excluding hydrogens is 254 g/mol. The fraction of sp³-hybridized carbons (Fsp3) is 0.333. The molecule has 0 fully saturated rings. The van der Waals surface area contributed by atoms with Crippen LogP contribution >= 0.6 is 23.8 Å². The maximum Gasteiger partial charge on any atom is 0.186 e. The second kappa shape index (κ2) is 8.03. The molecule has 0 aliphatic heterocycles. The van der Waals surface area contributed by atoms with Gasteiger partial charge < -0.3 is 5.32 Å². The minimum absolute atomic E-state index is 0.529. The van der Waals surface area contributed by atoms with Crippen molar-refractivity contribution < 1.29 is 0 Å². The summed E-state index contributed by atoms with van der Waals surface area (Å²) in [6.45, 7) is 3.00. The van der Waals surface area contributed by atoms with Gasteiger partial charge in [0.2, 0.25) is 0 Å². The Hall–Kier alpha value is -1.13. The first-order valence-corrected chi connectivity index (χ1v) is 6.34. The molecule has 3 nitrogen and oxygen atoms in total. The molecule has 1 aromatic rings. The van der Waals surface area contributed by atoms with E-state index in [1.807, 2.05) is 24.3 Å². The second-order valence-corrected chi connectivity index (χ2v) is 4.32. The van der Waals surface area contributed by atoms with Gasteiger partial charge in [0.25, 0.3) is 0 Å². The summed E-state index contributed by atoms with van der Waals surface area (Å²) >= 11 is 11.0. The molecule has 17 heavy (non-hydrogen) atoms. The van der Waals surface area contributed by atoms with Gasteiger partial charge in [0, 0.05) is 17.1 Å². The zero-order valence-corrected chi connectivity index (χ0v) is 11.3. The summed E-state index contributed by atoms with van der Waals surface area (Å²) in [5, 5.41) is 8.27. The average Bonchev–Trinajstić information content (AvgIpc) is 2.32. The van der Waals surface area contributed by atoms with Crippen LogP contribution in [0.5, 0.6) is 0 Å². The van der Waals surface area contributed by atoms with Gasteiger partial charge in [-0.2, -0.15) is 5.10 Å². The summed E-state index contributed by atoms with van der Waals surface area (Å²) in [6.07, 6.45) is 3.88. The van der Waals surface area contributed by atoms with Gasteiger partial charge in [0.15, 0.2) is 5.11 Å². The molecule has 0 heterocycles. The number of rotatable bonds is 5. The first kappa shape index (κ1) is 13.9. The highest BCUT2D eigenvalue weighted by molar-refractivity contribution is 7.80. The van der Waals surface area contributed by atoms with Gasteiger partial charge in [-0.3, -0.25) is 5.43 Å². The van der Waals surface area contributed by atoms with Crippen LogP contribution in [-0.2, 0) is 0 Å². The highest BCUT2D eigenvalue weighted by atomic mass is 35.5. The maximum absolute atomic E-state index is 5.97. The summed E-state index contributed by atoms with van der Waals surface area (Å²) in [6, 6.07) is 7.50. The third-order valence-electron chi connectivity index (χ3n) is 2.09. The Morgan fingerprint density at radius 1 is 1.47 bits per heavy atom. The molecule has 0 saturated carbocycles. The molecule has 0 aromatic heterocycles. The molecule has 5 heteroatoms. The molecule has 92 valence electrons. The summed E-state index contributed by atoms with van der Waals surface area (Å²) in [5.74, 6) is 0. The fourth-order valence-corrected chi connectivity index (χ4v) is 1.50. The van der Waals surface area contributed by atoms with Crippen molar-refractivity contribution >= 4 is 35.1 Å². The second-order valence-electron chi connectivity index (χ2n) is 3.50. The normalized spacial score (nSPS) is 10.5. The number of hydrazone groups is 1. The predicted molar refractivity (Wildman–Crippen MR) is 77.7 cm³/mol. The third-order valence-corrected chi connectivity index (χ3v) is 2.67. The van der Waals surface area contributed by atoms with Crippen molar-refractivity contribution in [1.82, 2.24) is 10.7 Å². The lowest BCUT2D eigenvalue weighted by Crippen LogP contribution is -2.32. The van der Waals surface area contributed by atoms with E-state index in [1.165, 1.54) is 0 Å². The van der Waals surface area contributed by atoms with E-state index in [4.69, 9.17) is 23.8 Å². The molecule has 0 unspecified atom stereocenters. The van der Waals surface area contributed by atoms with Crippen LogP contribution in [0.15, 0.2) is 29.4 Å². The van der Waals surface area contributed by atoms with Gasteiger partial charge in [-0.25, -0.2) is 0 Å². The zero-order valence-electron chi connectivity index (χ0n) is 9.74. The monoisotopic (exact) mass is 269 g/mol. The lowest BCUT2D eigenvalue weighted by atomic mass is 10.2. The van der Waals surface area contributed by atoms with E-state index >= 15 is 0 Å². The first-order valence-electron chi connectivity index (χ1n) is 5.55. The quantitative estimate of drug-likeness (QED) is 0.373. The smallest absolute Gasteiger partial charge is 0.186 e. The van der Waals surface area contributed by atoms with Crippen molar-refractivity contribution in [1.29, 1.82) is 0 Å². The van der Waals surface area contributed by atoms with Gasteiger partial charge >= 0.3 is 0 Å². The van der Waals surface area contributed by atoms with Crippen LogP contribution in [0.4, 0.5) is 0 Å². The minimum atomic E-state index is 0.529. The summed E-state index contributed by atoms with van der Waals surface area (Å²) in [7, 11) is 0. The molecule has 0 radical (unpaired) electrons. The van der Waals surface area contributed by atoms with Crippen molar-refractivity contribution in [3.8, 4) is 0 Å². The van der Waals surface area contributed by atoms with Crippen molar-refractivity contribution in [2.75, 3.05) is 6.54 Å². The molecule has 1 rings (SSSR count). The lowest BCUT2D eigenvalue weighted by molar-refractivity contribution is 0.745. The zero-order chi connectivity index (χ0) is 12.5. The largest absolute Gasteiger partial charge is 0.361 e. The molecule has 0 atom stereocenters. The van der Waals surface area contributed by atoms with Crippen molar-refractivity contribution in [2.45, 2.75) is 19.8 Å². The Balaban J connectivity index is 2.35. The third kappa shape index (κ3) is 5.65. The highest BCUT2D eigenvalue weighted by Crippen LogP contribution is 2.11. The van der Waals surface area contributed by atoms with Gasteiger partial charge in [-0.05, 0) is 24.7 Å². The van der Waals surface area contributed by atoms with E-state index < -0.39 is 0 Å². The molecule has 0 aliphatic carbocycles. The SMILES string of the molecule is CCCCNC(=S)N/N=C\c1ccccc1Cl. The van der Waals surface area contributed by atoms with Gasteiger partial charge in [-0.1, -0.05) is 43.1 Å². The number of halogens is 1. The van der Waals surface area contributed by atoms with Crippen LogP contribution in [0.2, 0.25) is 5.02 Å². The Morgan fingerprint density at radius 3 is 2.94 bits per heavy atom. The van der Waals surface area contributed by atoms with Crippen molar-refractivity contribution in [3.63, 3.8) is 0 Å². The molecule has 1 aromatic carbocycles. The number of unbranched alkanes of at least 4 members (excludes halogenated alkanes) is 1. The van der Waals surface area contributed by atoms with Crippen LogP contribution in [-0.4, -0.2) is 17.9 Å². The maximum atomic E-state index is 5.97. The molecule has 0 spiro atoms. The number of benzene rings is 1. The van der Waals surface area contributed by atoms with E-state index in [9.17, 15) is 0 Å². The van der Waals surface area contributed by atoms with E-state index in [0.29, 0.717) is 10.1 Å². The number of nitrogens with zero attached hydrogens (tertiary/aromatic N) is 1. The molecule has 0 amide bonds. The van der Waals surface area contributed by atoms with E-state index in [0.717, 1.165) is 24.9 Å². The lowest BCUT2D eigenvalue weighted by Gasteiger charge is -2.05. The minimum Gasteiger partial charge on any atom is -0.361 e. The Labute approximate surface area is 112 Å². The number of hydrogen-bond acceptors (Lipinski definition) is 2. The predicted octanol–water partition coefficient (Wildman–Crippen LogP) is 2.94. The van der Waals surface area contributed by atoms with Crippen LogP contribution < -0.4 is 10.7 Å². The van der Waals surface area contributed by atoms with E-state index in [2.05, 4.69) is 22.8 Å². The van der Waals surface area contributed by atoms with Crippen molar-refractivity contribution in [3.05, 3.63) is 34.9 Å². The molecular formula is C12H16ClN3S. The van der Waals surface area contributed by atoms with Crippen LogP contribution in [0.1, 0.15) is 25.3 Å². The fourth-order valence-electron chi connectivity index (χ4n) is 1.16. The molecule has 0 aliphatic rings. The molecule has 0 saturated heterocycles. The number of hydrogen-bond donors (Lipinski definition) is 2. The summed E-state index contributed by atoms with van der Waals surface area (Å²) in [4.78, 5) is 0. The van der Waals surface area contributed by atoms with Crippen LogP contribution in [0.3, 0.4) is 0 Å². The topological polar surface area (TPSA) is 36.4 Å². The summed E-state index contributed by atoms with van der Waals surface area (Å²) < 4.78 is 0. The number of thiocarbonyl (C=S) groups is 1. The standard InChI is InChI=1S/C12H16ClN3S/c1-2-3-8-14-12(17)16-15-9-10-6-4-5-7-11(10)13/h4-7,9H,2-3,8H2,1H3,(H2,14,16,17)/b15-9-.